The molecule has 15 heteroatoms. The van der Waals surface area contributed by atoms with Crippen molar-refractivity contribution < 1.29 is 35.9 Å². The Morgan fingerprint density at radius 3 is 2.50 bits per heavy atom. The number of aromatic nitrogens is 3. The Hall–Kier alpha value is -2.87. The molecule has 2 amide bonds. The summed E-state index contributed by atoms with van der Waals surface area (Å²) in [5.74, 6) is -5.81. The molecule has 1 saturated heterocycles. The monoisotopic (exact) mass is 540 g/mol. The van der Waals surface area contributed by atoms with Gasteiger partial charge in [0, 0.05) is 31.6 Å². The number of carbonyl (C=O) groups excluding carboxylic acids is 2. The molecule has 4 rings (SSSR count). The fraction of sp³-hybridized carbons (Fsp3) is 0.524. The Kier molecular flexibility index (Phi) is 8.49. The summed E-state index contributed by atoms with van der Waals surface area (Å²) in [6.45, 7) is 0.168. The molecule has 36 heavy (non-hydrogen) atoms. The first kappa shape index (κ1) is 27.7. The van der Waals surface area contributed by atoms with Gasteiger partial charge in [-0.2, -0.15) is 13.2 Å². The maximum absolute atomic E-state index is 14.2. The second kappa shape index (κ2) is 11.0. The SMILES string of the molecule is Cl.O=C(NC(CC(=O)N1CCn2c(nnc2C(F)(F)F)C1)Cc1cc(F)c(F)cc1F)C1CCCN1. The fourth-order valence-corrected chi connectivity index (χ4v) is 4.29. The van der Waals surface area contributed by atoms with Gasteiger partial charge in [-0.3, -0.25) is 9.59 Å². The highest BCUT2D eigenvalue weighted by molar-refractivity contribution is 5.85. The zero-order valence-corrected chi connectivity index (χ0v) is 19.6. The summed E-state index contributed by atoms with van der Waals surface area (Å²) in [4.78, 5) is 26.9. The van der Waals surface area contributed by atoms with Crippen LogP contribution in [0.15, 0.2) is 12.1 Å². The normalized spacial score (nSPS) is 18.4. The number of nitrogens with one attached hydrogen (secondary N) is 2. The van der Waals surface area contributed by atoms with E-state index in [1.807, 2.05) is 0 Å². The van der Waals surface area contributed by atoms with Gasteiger partial charge >= 0.3 is 6.18 Å². The number of hydrogen-bond donors (Lipinski definition) is 2. The number of fused-ring (bicyclic) bond motifs is 1. The van der Waals surface area contributed by atoms with E-state index < -0.39 is 53.4 Å². The average Bonchev–Trinajstić information content (AvgIpc) is 3.46. The number of nitrogens with zero attached hydrogens (tertiary/aromatic N) is 4. The minimum Gasteiger partial charge on any atom is -0.351 e. The molecule has 0 radical (unpaired) electrons. The summed E-state index contributed by atoms with van der Waals surface area (Å²) >= 11 is 0. The van der Waals surface area contributed by atoms with E-state index in [9.17, 15) is 35.9 Å². The van der Waals surface area contributed by atoms with E-state index in [1.54, 1.807) is 0 Å². The molecule has 8 nitrogen and oxygen atoms in total. The van der Waals surface area contributed by atoms with E-state index in [2.05, 4.69) is 20.8 Å². The molecule has 1 fully saturated rings. The van der Waals surface area contributed by atoms with E-state index in [4.69, 9.17) is 0 Å². The van der Waals surface area contributed by atoms with E-state index >= 15 is 0 Å². The van der Waals surface area contributed by atoms with Crippen LogP contribution in [0.3, 0.4) is 0 Å². The molecule has 0 bridgehead atoms. The van der Waals surface area contributed by atoms with Gasteiger partial charge in [0.1, 0.15) is 5.82 Å². The van der Waals surface area contributed by atoms with Gasteiger partial charge in [-0.15, -0.1) is 22.6 Å². The molecule has 2 N–H and O–H groups in total. The van der Waals surface area contributed by atoms with Crippen molar-refractivity contribution in [3.05, 3.63) is 46.8 Å². The number of halogens is 7. The predicted molar refractivity (Wildman–Crippen MR) is 115 cm³/mol. The third-order valence-corrected chi connectivity index (χ3v) is 6.06. The van der Waals surface area contributed by atoms with Gasteiger partial charge in [-0.05, 0) is 37.4 Å². The van der Waals surface area contributed by atoms with Crippen LogP contribution >= 0.6 is 12.4 Å². The Balaban J connectivity index is 0.00000361. The van der Waals surface area contributed by atoms with E-state index in [1.165, 1.54) is 4.90 Å². The molecule has 1 aromatic heterocycles. The molecule has 3 heterocycles. The Morgan fingerprint density at radius 1 is 1.11 bits per heavy atom. The van der Waals surface area contributed by atoms with Gasteiger partial charge < -0.3 is 20.1 Å². The van der Waals surface area contributed by atoms with Crippen molar-refractivity contribution in [2.45, 2.75) is 57.0 Å². The zero-order valence-electron chi connectivity index (χ0n) is 18.7. The lowest BCUT2D eigenvalue weighted by Crippen LogP contribution is -2.48. The third-order valence-electron chi connectivity index (χ3n) is 6.06. The van der Waals surface area contributed by atoms with Gasteiger partial charge in [0.25, 0.3) is 0 Å². The Bertz CT molecular complexity index is 1120. The summed E-state index contributed by atoms with van der Waals surface area (Å²) in [5, 5.41) is 12.4. The number of carbonyl (C=O) groups is 2. The molecule has 0 spiro atoms. The molecule has 0 saturated carbocycles. The van der Waals surface area contributed by atoms with Crippen LogP contribution in [0, 0.1) is 17.5 Å². The fourth-order valence-electron chi connectivity index (χ4n) is 4.29. The van der Waals surface area contributed by atoms with Crippen LogP contribution in [0.4, 0.5) is 26.3 Å². The maximum Gasteiger partial charge on any atom is 0.451 e. The van der Waals surface area contributed by atoms with Crippen LogP contribution < -0.4 is 10.6 Å². The van der Waals surface area contributed by atoms with Crippen LogP contribution in [0.5, 0.6) is 0 Å². The molecule has 2 unspecified atom stereocenters. The highest BCUT2D eigenvalue weighted by atomic mass is 35.5. The molecule has 0 aliphatic carbocycles. The lowest BCUT2D eigenvalue weighted by atomic mass is 10.0. The molecule has 2 aliphatic heterocycles. The first-order valence-corrected chi connectivity index (χ1v) is 11.0. The number of rotatable bonds is 6. The minimum atomic E-state index is -4.68. The molecule has 2 atom stereocenters. The minimum absolute atomic E-state index is 0. The number of alkyl halides is 3. The average molecular weight is 541 g/mol. The number of benzene rings is 1. The zero-order chi connectivity index (χ0) is 25.3. The molecule has 2 aromatic rings. The second-order valence-electron chi connectivity index (χ2n) is 8.52. The highest BCUT2D eigenvalue weighted by Gasteiger charge is 2.40. The van der Waals surface area contributed by atoms with Crippen molar-refractivity contribution in [1.29, 1.82) is 0 Å². The summed E-state index contributed by atoms with van der Waals surface area (Å²) in [6, 6.07) is -0.414. The van der Waals surface area contributed by atoms with E-state index in [0.29, 0.717) is 25.1 Å². The van der Waals surface area contributed by atoms with Crippen molar-refractivity contribution in [2.24, 2.45) is 0 Å². The lowest BCUT2D eigenvalue weighted by Gasteiger charge is -2.30. The first-order valence-electron chi connectivity index (χ1n) is 11.0. The maximum atomic E-state index is 14.2. The topological polar surface area (TPSA) is 92.2 Å². The smallest absolute Gasteiger partial charge is 0.351 e. The molecule has 2 aliphatic rings. The van der Waals surface area contributed by atoms with Crippen LogP contribution in [-0.2, 0) is 35.3 Å². The van der Waals surface area contributed by atoms with Crippen molar-refractivity contribution in [3.63, 3.8) is 0 Å². The standard InChI is InChI=1S/C21H22F6N6O2.ClH/c22-13-9-15(24)14(23)7-11(13)6-12(29-19(35)16-2-1-3-28-16)8-18(34)32-4-5-33-17(10-32)30-31-20(33)21(25,26)27;/h7,9,12,16,28H,1-6,8,10H2,(H,29,35);1H. The summed E-state index contributed by atoms with van der Waals surface area (Å²) in [5.41, 5.74) is -0.227. The quantitative estimate of drug-likeness (QED) is 0.434. The highest BCUT2D eigenvalue weighted by Crippen LogP contribution is 2.29. The largest absolute Gasteiger partial charge is 0.451 e. The second-order valence-corrected chi connectivity index (χ2v) is 8.52. The predicted octanol–water partition coefficient (Wildman–Crippen LogP) is 2.35. The summed E-state index contributed by atoms with van der Waals surface area (Å²) < 4.78 is 81.3. The molecular weight excluding hydrogens is 518 g/mol. The van der Waals surface area contributed by atoms with Crippen LogP contribution in [0.2, 0.25) is 0 Å². The van der Waals surface area contributed by atoms with Gasteiger partial charge in [0.15, 0.2) is 17.5 Å². The van der Waals surface area contributed by atoms with Gasteiger partial charge in [0.05, 0.1) is 12.6 Å². The van der Waals surface area contributed by atoms with Crippen LogP contribution in [-0.4, -0.2) is 56.7 Å². The molecular formula is C21H23ClF6N6O2. The van der Waals surface area contributed by atoms with E-state index in [-0.39, 0.29) is 56.3 Å². The number of amides is 2. The Labute approximate surface area is 207 Å². The van der Waals surface area contributed by atoms with Crippen molar-refractivity contribution in [2.75, 3.05) is 13.1 Å². The van der Waals surface area contributed by atoms with Gasteiger partial charge in [-0.25, -0.2) is 13.2 Å². The molecule has 1 aromatic carbocycles. The van der Waals surface area contributed by atoms with Gasteiger partial charge in [0.2, 0.25) is 17.6 Å². The van der Waals surface area contributed by atoms with E-state index in [0.717, 1.165) is 11.0 Å². The Morgan fingerprint density at radius 2 is 1.83 bits per heavy atom. The summed E-state index contributed by atoms with van der Waals surface area (Å²) in [6.07, 6.45) is -3.98. The van der Waals surface area contributed by atoms with Crippen LogP contribution in [0.25, 0.3) is 0 Å². The molecule has 198 valence electrons. The first-order chi connectivity index (χ1) is 16.5. The van der Waals surface area contributed by atoms with Gasteiger partial charge in [-0.1, -0.05) is 0 Å². The summed E-state index contributed by atoms with van der Waals surface area (Å²) in [7, 11) is 0. The lowest BCUT2D eigenvalue weighted by molar-refractivity contribution is -0.148. The van der Waals surface area contributed by atoms with Crippen molar-refractivity contribution in [3.8, 4) is 0 Å². The number of hydrogen-bond acceptors (Lipinski definition) is 5. The van der Waals surface area contributed by atoms with Crippen LogP contribution in [0.1, 0.15) is 36.5 Å². The third kappa shape index (κ3) is 6.09. The van der Waals surface area contributed by atoms with Crippen molar-refractivity contribution in [1.82, 2.24) is 30.3 Å². The van der Waals surface area contributed by atoms with Crippen molar-refractivity contribution >= 4 is 24.2 Å².